The number of ether oxygens (including phenoxy) is 4. The molecular formula is C54H50AcCl4F6O10S2. The van der Waals surface area contributed by atoms with Gasteiger partial charge in [-0.15, -0.1) is 0 Å². The van der Waals surface area contributed by atoms with E-state index in [-0.39, 0.29) is 106 Å². The first-order chi connectivity index (χ1) is 35.9. The summed E-state index contributed by atoms with van der Waals surface area (Å²) in [6, 6.07) is 40.5. The molecule has 1 N–H and O–H groups in total. The van der Waals surface area contributed by atoms with E-state index in [0.717, 1.165) is 22.3 Å². The summed E-state index contributed by atoms with van der Waals surface area (Å²) >= 11 is 24.0. The van der Waals surface area contributed by atoms with Crippen LogP contribution in [0, 0.1) is 44.1 Å². The molecule has 0 aromatic heterocycles. The molecule has 0 atom stereocenters. The predicted molar refractivity (Wildman–Crippen MR) is 282 cm³/mol. The van der Waals surface area contributed by atoms with E-state index in [0.29, 0.717) is 48.8 Å². The molecule has 0 aliphatic heterocycles. The number of sulfone groups is 2. The van der Waals surface area contributed by atoms with Crippen LogP contribution in [0.1, 0.15) is 52.0 Å². The van der Waals surface area contributed by atoms with E-state index >= 15 is 0 Å². The van der Waals surface area contributed by atoms with Crippen molar-refractivity contribution in [1.82, 2.24) is 0 Å². The minimum Gasteiger partial charge on any atom is -0.504 e. The molecule has 0 fully saturated rings. The van der Waals surface area contributed by atoms with Gasteiger partial charge >= 0.3 is 12.4 Å². The van der Waals surface area contributed by atoms with Crippen molar-refractivity contribution < 1.29 is 116 Å². The van der Waals surface area contributed by atoms with Crippen LogP contribution in [-0.4, -0.2) is 89.5 Å². The monoisotopic (exact) mass is 1400 g/mol. The molecule has 0 heterocycles. The van der Waals surface area contributed by atoms with Crippen LogP contribution in [0.3, 0.4) is 0 Å². The Kier molecular flexibility index (Phi) is 26.6. The van der Waals surface area contributed by atoms with Crippen molar-refractivity contribution in [3.63, 3.8) is 0 Å². The summed E-state index contributed by atoms with van der Waals surface area (Å²) in [5.74, 6) is -3.62. The van der Waals surface area contributed by atoms with Gasteiger partial charge in [0.25, 0.3) is 0 Å². The van der Waals surface area contributed by atoms with Crippen LogP contribution >= 0.6 is 46.4 Å². The third-order valence-electron chi connectivity index (χ3n) is 11.0. The SMILES string of the molecule is O=C(CCc1ccc(OCCS(=O)(=O)CCOC(c2ccc(Cl)cc2)c2ccc(Cl)cc2)cc1)C(F)(F)F.O=S(=O)(CCOc1ccc(C/C=C(\O)C(F)(F)F)cc1)CCOC(c1ccc(Cl)cc1)c1ccc(Cl)cc1.[Ac]. The second kappa shape index (κ2) is 31.2. The van der Waals surface area contributed by atoms with Crippen LogP contribution in [0.4, 0.5) is 26.3 Å². The second-order valence-electron chi connectivity index (χ2n) is 16.7. The number of aryl methyl sites for hydroxylation is 1. The van der Waals surface area contributed by atoms with Crippen LogP contribution in [-0.2, 0) is 46.8 Å². The van der Waals surface area contributed by atoms with Crippen molar-refractivity contribution in [1.29, 1.82) is 0 Å². The molecule has 6 aromatic rings. The number of halogens is 10. The Morgan fingerprint density at radius 1 is 0.481 bits per heavy atom. The van der Waals surface area contributed by atoms with E-state index in [1.54, 1.807) is 48.5 Å². The van der Waals surface area contributed by atoms with Crippen LogP contribution < -0.4 is 9.47 Å². The number of carbonyl (C=O) groups is 1. The number of ketones is 1. The normalized spacial score (nSPS) is 12.2. The van der Waals surface area contributed by atoms with Gasteiger partial charge in [-0.2, -0.15) is 26.3 Å². The maximum Gasteiger partial charge on any atom is 0.449 e. The zero-order chi connectivity index (χ0) is 55.5. The van der Waals surface area contributed by atoms with Gasteiger partial charge in [-0.05, 0) is 125 Å². The average Bonchev–Trinajstić information content (AvgIpc) is 3.37. The molecule has 0 aliphatic carbocycles. The average molecular weight is 1410 g/mol. The van der Waals surface area contributed by atoms with Gasteiger partial charge in [-0.25, -0.2) is 16.8 Å². The van der Waals surface area contributed by atoms with Crippen molar-refractivity contribution in [3.8, 4) is 11.5 Å². The molecule has 0 bridgehead atoms. The minimum absolute atomic E-state index is 0. The van der Waals surface area contributed by atoms with Gasteiger partial charge in [0, 0.05) is 70.6 Å². The first-order valence-electron chi connectivity index (χ1n) is 23.0. The van der Waals surface area contributed by atoms with Crippen molar-refractivity contribution in [2.24, 2.45) is 0 Å². The molecule has 0 spiro atoms. The van der Waals surface area contributed by atoms with Crippen LogP contribution in [0.5, 0.6) is 11.5 Å². The van der Waals surface area contributed by atoms with Gasteiger partial charge in [-0.3, -0.25) is 4.79 Å². The second-order valence-corrected chi connectivity index (χ2v) is 23.1. The summed E-state index contributed by atoms with van der Waals surface area (Å²) in [6.07, 6.45) is -10.8. The number of Topliss-reactive ketones (excluding diaryl/α,β-unsaturated/α-hetero) is 1. The number of aliphatic hydroxyl groups excluding tert-OH is 1. The first-order valence-corrected chi connectivity index (χ1v) is 28.2. The summed E-state index contributed by atoms with van der Waals surface area (Å²) in [7, 11) is -7.00. The molecule has 0 saturated carbocycles. The first kappa shape index (κ1) is 65.6. The van der Waals surface area contributed by atoms with E-state index in [1.807, 2.05) is 48.5 Å². The minimum atomic E-state index is -4.84. The van der Waals surface area contributed by atoms with E-state index < -0.39 is 62.2 Å². The summed E-state index contributed by atoms with van der Waals surface area (Å²) < 4.78 is 147. The topological polar surface area (TPSA) is 142 Å². The number of hydrogen-bond donors (Lipinski definition) is 1. The smallest absolute Gasteiger partial charge is 0.449 e. The Hall–Kier alpha value is -3.87. The number of rotatable bonds is 25. The fourth-order valence-electron chi connectivity index (χ4n) is 6.89. The van der Waals surface area contributed by atoms with Crippen LogP contribution in [0.25, 0.3) is 0 Å². The summed E-state index contributed by atoms with van der Waals surface area (Å²) in [6.45, 7) is -0.310. The van der Waals surface area contributed by atoms with Gasteiger partial charge in [0.1, 0.15) is 36.9 Å². The largest absolute Gasteiger partial charge is 0.504 e. The molecule has 0 amide bonds. The molecule has 6 aromatic carbocycles. The maximum absolute atomic E-state index is 12.5. The molecule has 6 rings (SSSR count). The molecular weight excluding hydrogens is 1360 g/mol. The van der Waals surface area contributed by atoms with Crippen molar-refractivity contribution in [2.45, 2.75) is 43.8 Å². The van der Waals surface area contributed by atoms with Gasteiger partial charge in [0.05, 0.1) is 36.2 Å². The molecule has 23 heteroatoms. The third kappa shape index (κ3) is 23.8. The van der Waals surface area contributed by atoms with Crippen molar-refractivity contribution in [2.75, 3.05) is 49.4 Å². The van der Waals surface area contributed by atoms with Gasteiger partial charge in [-0.1, -0.05) is 119 Å². The Bertz CT molecular complexity index is 2940. The Morgan fingerprint density at radius 2 is 0.792 bits per heavy atom. The van der Waals surface area contributed by atoms with Gasteiger partial charge in [0.15, 0.2) is 25.4 Å². The number of alkyl halides is 6. The molecule has 411 valence electrons. The summed E-state index contributed by atoms with van der Waals surface area (Å²) in [4.78, 5) is 11.0. The number of aliphatic hydroxyl groups is 1. The number of benzene rings is 6. The zero-order valence-electron chi connectivity index (χ0n) is 40.7. The van der Waals surface area contributed by atoms with Crippen molar-refractivity contribution >= 4 is 71.9 Å². The number of carbonyl (C=O) groups excluding carboxylic acids is 1. The van der Waals surface area contributed by atoms with E-state index in [2.05, 4.69) is 0 Å². The molecule has 0 unspecified atom stereocenters. The third-order valence-corrected chi connectivity index (χ3v) is 15.2. The Labute approximate surface area is 499 Å². The molecule has 1 radical (unpaired) electrons. The Morgan fingerprint density at radius 3 is 1.10 bits per heavy atom. The molecule has 77 heavy (non-hydrogen) atoms. The van der Waals surface area contributed by atoms with Crippen LogP contribution in [0.15, 0.2) is 157 Å². The summed E-state index contributed by atoms with van der Waals surface area (Å²) in [5.41, 5.74) is 4.30. The fourth-order valence-corrected chi connectivity index (χ4v) is 9.17. The fraction of sp³-hybridized carbons (Fsp3) is 0.278. The van der Waals surface area contributed by atoms with E-state index in [9.17, 15) is 48.0 Å². The zero-order valence-corrected chi connectivity index (χ0v) is 50.1. The quantitative estimate of drug-likeness (QED) is 0.0435. The Balaban J connectivity index is 0.000000328. The van der Waals surface area contributed by atoms with Gasteiger partial charge < -0.3 is 24.1 Å². The van der Waals surface area contributed by atoms with Crippen LogP contribution in [0.2, 0.25) is 20.1 Å². The van der Waals surface area contributed by atoms with Crippen molar-refractivity contribution in [3.05, 3.63) is 211 Å². The standard InChI is InChI=1S/2C27H25Cl2F3O5S.Ac/c2*28-22-8-4-20(5-9-22)26(21-6-10-23(29)11-7-21)37-16-18-38(34,35)17-15-36-24-12-1-19(2-13-24)3-14-25(33)27(30,31)32;/h1-2,4-13,26H,3,14-18H2;1-2,4-14,26,33H,3,15-18H2;/b;25-14-;. The molecule has 0 aliphatic rings. The number of allylic oxidation sites excluding steroid dienone is 2. The number of hydrogen-bond acceptors (Lipinski definition) is 10. The predicted octanol–water partition coefficient (Wildman–Crippen LogP) is 13.8. The molecule has 10 nitrogen and oxygen atoms in total. The van der Waals surface area contributed by atoms with E-state index in [4.69, 9.17) is 70.5 Å². The maximum atomic E-state index is 12.5. The summed E-state index contributed by atoms with van der Waals surface area (Å²) in [5, 5.41) is 11.2. The van der Waals surface area contributed by atoms with Gasteiger partial charge in [0.2, 0.25) is 5.78 Å². The molecule has 0 saturated heterocycles. The van der Waals surface area contributed by atoms with E-state index in [1.165, 1.54) is 48.5 Å².